The summed E-state index contributed by atoms with van der Waals surface area (Å²) >= 11 is 0. The summed E-state index contributed by atoms with van der Waals surface area (Å²) in [5.41, 5.74) is -1.52. The van der Waals surface area contributed by atoms with Gasteiger partial charge in [-0.3, -0.25) is 0 Å². The highest BCUT2D eigenvalue weighted by atomic mass is 16.5. The zero-order valence-electron chi connectivity index (χ0n) is 9.69. The first kappa shape index (κ1) is 11.6. The van der Waals surface area contributed by atoms with E-state index in [2.05, 4.69) is 0 Å². The van der Waals surface area contributed by atoms with Gasteiger partial charge in [0.2, 0.25) is 0 Å². The Kier molecular flexibility index (Phi) is 2.59. The van der Waals surface area contributed by atoms with Crippen LogP contribution in [0.25, 0.3) is 0 Å². The third-order valence-corrected chi connectivity index (χ3v) is 4.32. The molecule has 2 aliphatic rings. The first-order chi connectivity index (χ1) is 7.45. The highest BCUT2D eigenvalue weighted by molar-refractivity contribution is 5.91. The Hall–Kier alpha value is -0.870. The fraction of sp³-hybridized carbons (Fsp3) is 0.750. The van der Waals surface area contributed by atoms with E-state index in [4.69, 9.17) is 4.74 Å². The summed E-state index contributed by atoms with van der Waals surface area (Å²) in [5, 5.41) is 20.7. The molecule has 0 aromatic heterocycles. The Morgan fingerprint density at radius 1 is 1.56 bits per heavy atom. The third kappa shape index (κ3) is 1.26. The van der Waals surface area contributed by atoms with Crippen LogP contribution in [0.15, 0.2) is 11.6 Å². The van der Waals surface area contributed by atoms with Gasteiger partial charge in [-0.05, 0) is 25.7 Å². The maximum atomic E-state index is 11.6. The monoisotopic (exact) mass is 226 g/mol. The first-order valence-electron chi connectivity index (χ1n) is 5.65. The highest BCUT2D eigenvalue weighted by Gasteiger charge is 2.60. The molecule has 3 atom stereocenters. The van der Waals surface area contributed by atoms with Gasteiger partial charge in [-0.2, -0.15) is 0 Å². The van der Waals surface area contributed by atoms with Gasteiger partial charge < -0.3 is 14.9 Å². The number of rotatable bonds is 1. The van der Waals surface area contributed by atoms with E-state index in [-0.39, 0.29) is 0 Å². The van der Waals surface area contributed by atoms with E-state index >= 15 is 0 Å². The molecule has 0 bridgehead atoms. The largest absolute Gasteiger partial charge is 0.466 e. The molecule has 90 valence electrons. The number of hydrogen-bond donors (Lipinski definition) is 2. The molecule has 0 aromatic rings. The molecule has 2 aliphatic carbocycles. The van der Waals surface area contributed by atoms with Crippen LogP contribution in [0.3, 0.4) is 0 Å². The molecule has 1 fully saturated rings. The van der Waals surface area contributed by atoms with Crippen LogP contribution in [0.2, 0.25) is 0 Å². The lowest BCUT2D eigenvalue weighted by Gasteiger charge is -2.44. The van der Waals surface area contributed by atoms with Gasteiger partial charge >= 0.3 is 5.97 Å². The van der Waals surface area contributed by atoms with Crippen molar-refractivity contribution >= 4 is 5.97 Å². The second-order valence-corrected chi connectivity index (χ2v) is 4.98. The highest BCUT2D eigenvalue weighted by Crippen LogP contribution is 2.55. The topological polar surface area (TPSA) is 66.8 Å². The van der Waals surface area contributed by atoms with E-state index in [1.54, 1.807) is 6.08 Å². The number of esters is 1. The molecule has 0 amide bonds. The van der Waals surface area contributed by atoms with Gasteiger partial charge in [-0.25, -0.2) is 4.79 Å². The van der Waals surface area contributed by atoms with Crippen molar-refractivity contribution in [3.63, 3.8) is 0 Å². The zero-order valence-corrected chi connectivity index (χ0v) is 9.69. The number of aliphatic hydroxyl groups is 2. The lowest BCUT2D eigenvalue weighted by molar-refractivity contribution is -0.143. The van der Waals surface area contributed by atoms with Gasteiger partial charge in [0.1, 0.15) is 5.60 Å². The molecule has 0 aromatic carbocycles. The van der Waals surface area contributed by atoms with Crippen LogP contribution >= 0.6 is 0 Å². The second-order valence-electron chi connectivity index (χ2n) is 4.98. The lowest BCUT2D eigenvalue weighted by Crippen LogP contribution is -2.51. The molecule has 2 rings (SSSR count). The Balaban J connectivity index is 2.43. The average molecular weight is 226 g/mol. The number of aliphatic hydroxyl groups excluding tert-OH is 1. The van der Waals surface area contributed by atoms with Crippen LogP contribution in [0.1, 0.15) is 32.6 Å². The molecule has 0 radical (unpaired) electrons. The summed E-state index contributed by atoms with van der Waals surface area (Å²) in [6, 6.07) is 0. The maximum absolute atomic E-state index is 11.6. The normalized spacial score (nSPS) is 42.5. The minimum Gasteiger partial charge on any atom is -0.466 e. The first-order valence-corrected chi connectivity index (χ1v) is 5.65. The van der Waals surface area contributed by atoms with Crippen molar-refractivity contribution in [2.75, 3.05) is 7.11 Å². The van der Waals surface area contributed by atoms with E-state index in [0.717, 1.165) is 0 Å². The predicted octanol–water partition coefficient (Wildman–Crippen LogP) is 0.772. The van der Waals surface area contributed by atoms with E-state index in [1.165, 1.54) is 7.11 Å². The van der Waals surface area contributed by atoms with Crippen molar-refractivity contribution < 1.29 is 19.7 Å². The lowest BCUT2D eigenvalue weighted by atomic mass is 9.65. The summed E-state index contributed by atoms with van der Waals surface area (Å²) in [4.78, 5) is 11.6. The molecule has 0 aliphatic heterocycles. The number of hydrogen-bond acceptors (Lipinski definition) is 4. The molecule has 0 saturated heterocycles. The summed E-state index contributed by atoms with van der Waals surface area (Å²) in [7, 11) is 1.31. The van der Waals surface area contributed by atoms with Crippen LogP contribution in [0, 0.1) is 5.41 Å². The second kappa shape index (κ2) is 3.57. The molecular formula is C12H18O4. The summed E-state index contributed by atoms with van der Waals surface area (Å²) < 4.78 is 4.69. The molecule has 0 spiro atoms. The van der Waals surface area contributed by atoms with Crippen LogP contribution in [-0.4, -0.2) is 35.0 Å². The third-order valence-electron chi connectivity index (χ3n) is 4.32. The van der Waals surface area contributed by atoms with Gasteiger partial charge in [0, 0.05) is 5.41 Å². The van der Waals surface area contributed by atoms with Gasteiger partial charge in [0.05, 0.1) is 18.8 Å². The van der Waals surface area contributed by atoms with E-state index in [1.807, 2.05) is 6.92 Å². The van der Waals surface area contributed by atoms with Crippen molar-refractivity contribution in [2.45, 2.75) is 44.3 Å². The Labute approximate surface area is 94.9 Å². The Morgan fingerprint density at radius 2 is 2.25 bits per heavy atom. The van der Waals surface area contributed by atoms with Gasteiger partial charge in [-0.15, -0.1) is 0 Å². The zero-order chi connectivity index (χ0) is 12.0. The van der Waals surface area contributed by atoms with Crippen molar-refractivity contribution in [1.29, 1.82) is 0 Å². The molecule has 0 heterocycles. The van der Waals surface area contributed by atoms with Gasteiger partial charge in [0.25, 0.3) is 0 Å². The molecular weight excluding hydrogens is 208 g/mol. The predicted molar refractivity (Wildman–Crippen MR) is 57.6 cm³/mol. The number of carbonyl (C=O) groups excluding carboxylic acids is 1. The van der Waals surface area contributed by atoms with Crippen molar-refractivity contribution in [3.05, 3.63) is 11.6 Å². The van der Waals surface area contributed by atoms with Gasteiger partial charge in [0.15, 0.2) is 0 Å². The standard InChI is InChI=1S/C12H18O4/c1-11-6-3-4-8(10(14)16-2)12(11,15)7-5-9(11)13/h4,9,13,15H,3,5-7H2,1-2H3/t9?,11-,12+/m1/s1. The number of allylic oxidation sites excluding steroid dienone is 1. The van der Waals surface area contributed by atoms with Crippen LogP contribution < -0.4 is 0 Å². The smallest absolute Gasteiger partial charge is 0.336 e. The Bertz CT molecular complexity index is 349. The van der Waals surface area contributed by atoms with Crippen LogP contribution in [0.5, 0.6) is 0 Å². The fourth-order valence-electron chi connectivity index (χ4n) is 3.09. The van der Waals surface area contributed by atoms with E-state index < -0.39 is 23.1 Å². The molecule has 4 heteroatoms. The summed E-state index contributed by atoms with van der Waals surface area (Å²) in [6.07, 6.45) is 3.54. The number of fused-ring (bicyclic) bond motifs is 1. The summed E-state index contributed by atoms with van der Waals surface area (Å²) in [5.74, 6) is -0.484. The van der Waals surface area contributed by atoms with E-state index in [0.29, 0.717) is 31.3 Å². The van der Waals surface area contributed by atoms with Crippen molar-refractivity contribution in [1.82, 2.24) is 0 Å². The molecule has 1 unspecified atom stereocenters. The average Bonchev–Trinajstić information content (AvgIpc) is 2.51. The quantitative estimate of drug-likeness (QED) is 0.648. The molecule has 2 N–H and O–H groups in total. The molecule has 1 saturated carbocycles. The minimum absolute atomic E-state index is 0.320. The summed E-state index contributed by atoms with van der Waals surface area (Å²) in [6.45, 7) is 1.85. The van der Waals surface area contributed by atoms with E-state index in [9.17, 15) is 15.0 Å². The SMILES string of the molecule is COC(=O)C1=CCC[C@]2(C)C(O)CC[C@]12O. The van der Waals surface area contributed by atoms with Crippen LogP contribution in [-0.2, 0) is 9.53 Å². The number of methoxy groups -OCH3 is 1. The fourth-order valence-corrected chi connectivity index (χ4v) is 3.09. The van der Waals surface area contributed by atoms with Crippen LogP contribution in [0.4, 0.5) is 0 Å². The Morgan fingerprint density at radius 3 is 2.88 bits per heavy atom. The number of carbonyl (C=O) groups is 1. The minimum atomic E-state index is -1.22. The molecule has 16 heavy (non-hydrogen) atoms. The number of ether oxygens (including phenoxy) is 1. The van der Waals surface area contributed by atoms with Crippen molar-refractivity contribution in [2.24, 2.45) is 5.41 Å². The molecule has 4 nitrogen and oxygen atoms in total. The van der Waals surface area contributed by atoms with Crippen molar-refractivity contribution in [3.8, 4) is 0 Å². The maximum Gasteiger partial charge on any atom is 0.336 e. The van der Waals surface area contributed by atoms with Gasteiger partial charge in [-0.1, -0.05) is 13.0 Å².